The van der Waals surface area contributed by atoms with E-state index < -0.39 is 0 Å². The molecule has 216 valence electrons. The highest BCUT2D eigenvalue weighted by Gasteiger charge is 2.35. The van der Waals surface area contributed by atoms with E-state index in [9.17, 15) is 9.59 Å². The zero-order valence-electron chi connectivity index (χ0n) is 24.2. The molecule has 3 aromatic carbocycles. The average Bonchev–Trinajstić information content (AvgIpc) is 3.03. The second-order valence-corrected chi connectivity index (χ2v) is 11.4. The number of benzene rings is 3. The van der Waals surface area contributed by atoms with Crippen molar-refractivity contribution in [1.29, 1.82) is 0 Å². The van der Waals surface area contributed by atoms with Crippen LogP contribution in [0, 0.1) is 0 Å². The van der Waals surface area contributed by atoms with Gasteiger partial charge >= 0.3 is 0 Å². The molecule has 2 atom stereocenters. The van der Waals surface area contributed by atoms with Crippen LogP contribution < -0.4 is 4.90 Å². The lowest BCUT2D eigenvalue weighted by Crippen LogP contribution is -2.52. The Bertz CT molecular complexity index is 1540. The smallest absolute Gasteiger partial charge is 0.255 e. The fourth-order valence-electron chi connectivity index (χ4n) is 6.59. The van der Waals surface area contributed by atoms with Gasteiger partial charge in [-0.2, -0.15) is 0 Å². The largest absolute Gasteiger partial charge is 0.375 e. The second kappa shape index (κ2) is 12.8. The first-order valence-electron chi connectivity index (χ1n) is 14.9. The van der Waals surface area contributed by atoms with Crippen molar-refractivity contribution in [3.05, 3.63) is 108 Å². The maximum absolute atomic E-state index is 14.3. The lowest BCUT2D eigenvalue weighted by atomic mass is 9.92. The van der Waals surface area contributed by atoms with Gasteiger partial charge in [-0.15, -0.1) is 0 Å². The monoisotopic (exact) mass is 562 g/mol. The first-order chi connectivity index (χ1) is 20.6. The number of ether oxygens (including phenoxy) is 1. The number of carbonyl (C=O) groups is 2. The number of nitrogens with zero attached hydrogens (tertiary/aromatic N) is 4. The first kappa shape index (κ1) is 28.1. The molecule has 4 aromatic rings. The number of para-hydroxylation sites is 2. The van der Waals surface area contributed by atoms with Crippen LogP contribution in [0.2, 0.25) is 0 Å². The maximum atomic E-state index is 14.3. The van der Waals surface area contributed by atoms with Crippen LogP contribution in [0.15, 0.2) is 91.1 Å². The van der Waals surface area contributed by atoms with Crippen molar-refractivity contribution in [3.8, 4) is 0 Å². The Kier molecular flexibility index (Phi) is 8.58. The molecule has 1 saturated heterocycles. The van der Waals surface area contributed by atoms with E-state index in [1.807, 2.05) is 70.5 Å². The van der Waals surface area contributed by atoms with Crippen LogP contribution in [-0.4, -0.2) is 65.5 Å². The van der Waals surface area contributed by atoms with E-state index in [0.29, 0.717) is 31.2 Å². The zero-order chi connectivity index (χ0) is 28.9. The number of anilines is 1. The Labute approximate surface area is 247 Å². The van der Waals surface area contributed by atoms with E-state index >= 15 is 0 Å². The number of amides is 2. The molecule has 1 fully saturated rings. The highest BCUT2D eigenvalue weighted by Crippen LogP contribution is 2.32. The summed E-state index contributed by atoms with van der Waals surface area (Å²) in [6.45, 7) is 2.44. The van der Waals surface area contributed by atoms with Crippen molar-refractivity contribution < 1.29 is 14.3 Å². The highest BCUT2D eigenvalue weighted by atomic mass is 16.5. The number of hydrogen-bond acceptors (Lipinski definition) is 5. The molecular weight excluding hydrogens is 524 g/mol. The minimum absolute atomic E-state index is 0.0146. The topological polar surface area (TPSA) is 66.0 Å². The zero-order valence-corrected chi connectivity index (χ0v) is 24.2. The Morgan fingerprint density at radius 1 is 0.905 bits per heavy atom. The van der Waals surface area contributed by atoms with Crippen LogP contribution in [0.4, 0.5) is 5.69 Å². The molecule has 0 radical (unpaired) electrons. The quantitative estimate of drug-likeness (QED) is 0.313. The van der Waals surface area contributed by atoms with Gasteiger partial charge in [-0.3, -0.25) is 19.5 Å². The Hall–Kier alpha value is -4.07. The molecule has 7 nitrogen and oxygen atoms in total. The standard InChI is InChI=1S/C35H38N4O3/c1-42-25-34(40)38-19-18-30-14-9-15-31(39(30)22-26-10-3-2-4-11-26)24-37(23-28-13-6-8-17-33(28)38)35(41)29-20-27-12-5-7-16-32(27)36-21-29/h2-8,10-13,16-17,20-21,30-31H,9,14-15,18-19,22-25H2,1H3. The van der Waals surface area contributed by atoms with Crippen LogP contribution >= 0.6 is 0 Å². The Morgan fingerprint density at radius 3 is 2.52 bits per heavy atom. The number of fused-ring (bicyclic) bond motifs is 4. The molecule has 2 unspecified atom stereocenters. The molecule has 2 aliphatic heterocycles. The molecule has 0 saturated carbocycles. The van der Waals surface area contributed by atoms with E-state index in [1.54, 1.807) is 13.3 Å². The van der Waals surface area contributed by atoms with Crippen LogP contribution in [-0.2, 0) is 22.6 Å². The number of hydrogen-bond donors (Lipinski definition) is 0. The molecule has 3 heterocycles. The van der Waals surface area contributed by atoms with Crippen molar-refractivity contribution in [2.24, 2.45) is 0 Å². The summed E-state index contributed by atoms with van der Waals surface area (Å²) < 4.78 is 5.29. The molecule has 0 N–H and O–H groups in total. The summed E-state index contributed by atoms with van der Waals surface area (Å²) in [6, 6.07) is 28.9. The van der Waals surface area contributed by atoms with Crippen LogP contribution in [0.25, 0.3) is 10.9 Å². The van der Waals surface area contributed by atoms with Gasteiger partial charge in [-0.05, 0) is 48.6 Å². The predicted octanol–water partition coefficient (Wildman–Crippen LogP) is 5.68. The number of rotatable bonds is 5. The summed E-state index contributed by atoms with van der Waals surface area (Å²) >= 11 is 0. The third-order valence-corrected chi connectivity index (χ3v) is 8.67. The molecule has 2 aliphatic rings. The molecule has 0 spiro atoms. The van der Waals surface area contributed by atoms with Crippen molar-refractivity contribution >= 4 is 28.4 Å². The lowest BCUT2D eigenvalue weighted by molar-refractivity contribution is -0.122. The van der Waals surface area contributed by atoms with Crippen LogP contribution in [0.5, 0.6) is 0 Å². The van der Waals surface area contributed by atoms with E-state index in [4.69, 9.17) is 4.74 Å². The molecule has 1 aromatic heterocycles. The molecular formula is C35H38N4O3. The summed E-state index contributed by atoms with van der Waals surface area (Å²) in [5.41, 5.74) is 4.51. The number of pyridine rings is 1. The van der Waals surface area contributed by atoms with Crippen molar-refractivity contribution in [3.63, 3.8) is 0 Å². The van der Waals surface area contributed by atoms with Gasteiger partial charge in [0.1, 0.15) is 6.61 Å². The SMILES string of the molecule is COCC(=O)N1CCC2CCCC(CN(C(=O)c3cnc4ccccc4c3)Cc3ccccc31)N2Cc1ccccc1. The summed E-state index contributed by atoms with van der Waals surface area (Å²) in [5.74, 6) is -0.110. The normalized spacial score (nSPS) is 19.6. The third kappa shape index (κ3) is 6.08. The molecule has 0 aliphatic carbocycles. The number of aromatic nitrogens is 1. The van der Waals surface area contributed by atoms with Crippen molar-refractivity contribution in [2.75, 3.05) is 31.7 Å². The van der Waals surface area contributed by atoms with E-state index in [-0.39, 0.29) is 24.5 Å². The molecule has 2 amide bonds. The highest BCUT2D eigenvalue weighted by molar-refractivity contribution is 5.98. The van der Waals surface area contributed by atoms with Gasteiger partial charge in [-0.25, -0.2) is 0 Å². The number of carbonyl (C=O) groups excluding carboxylic acids is 2. The molecule has 6 rings (SSSR count). The summed E-state index contributed by atoms with van der Waals surface area (Å²) in [6.07, 6.45) is 5.74. The Balaban J connectivity index is 1.42. The average molecular weight is 563 g/mol. The van der Waals surface area contributed by atoms with Gasteiger partial charge in [0.15, 0.2) is 0 Å². The summed E-state index contributed by atoms with van der Waals surface area (Å²) in [5, 5.41) is 0.946. The second-order valence-electron chi connectivity index (χ2n) is 11.4. The maximum Gasteiger partial charge on any atom is 0.255 e. The molecule has 7 heteroatoms. The van der Waals surface area contributed by atoms with Gasteiger partial charge in [0.25, 0.3) is 11.8 Å². The van der Waals surface area contributed by atoms with Gasteiger partial charge in [0, 0.05) is 62.6 Å². The fourth-order valence-corrected chi connectivity index (χ4v) is 6.59. The van der Waals surface area contributed by atoms with Crippen molar-refractivity contribution in [2.45, 2.75) is 50.9 Å². The van der Waals surface area contributed by atoms with Crippen LogP contribution in [0.3, 0.4) is 0 Å². The minimum Gasteiger partial charge on any atom is -0.375 e. The van der Waals surface area contributed by atoms with E-state index in [1.165, 1.54) is 5.56 Å². The Morgan fingerprint density at radius 2 is 1.67 bits per heavy atom. The predicted molar refractivity (Wildman–Crippen MR) is 165 cm³/mol. The third-order valence-electron chi connectivity index (χ3n) is 8.67. The minimum atomic E-state index is -0.0669. The van der Waals surface area contributed by atoms with E-state index in [2.05, 4.69) is 34.1 Å². The molecule has 42 heavy (non-hydrogen) atoms. The first-order valence-corrected chi connectivity index (χ1v) is 14.9. The lowest BCUT2D eigenvalue weighted by Gasteiger charge is -2.44. The van der Waals surface area contributed by atoms with Crippen LogP contribution in [0.1, 0.15) is 47.2 Å². The summed E-state index contributed by atoms with van der Waals surface area (Å²) in [7, 11) is 1.56. The van der Waals surface area contributed by atoms with Gasteiger partial charge < -0.3 is 14.5 Å². The van der Waals surface area contributed by atoms with Gasteiger partial charge in [0.2, 0.25) is 0 Å². The number of piperidine rings is 1. The summed E-state index contributed by atoms with van der Waals surface area (Å²) in [4.78, 5) is 38.8. The van der Waals surface area contributed by atoms with Crippen molar-refractivity contribution in [1.82, 2.24) is 14.8 Å². The van der Waals surface area contributed by atoms with Gasteiger partial charge in [-0.1, -0.05) is 73.2 Å². The fraction of sp³-hybridized carbons (Fsp3) is 0.343. The molecule has 2 bridgehead atoms. The number of methoxy groups -OCH3 is 1. The van der Waals surface area contributed by atoms with E-state index in [0.717, 1.165) is 54.4 Å². The van der Waals surface area contributed by atoms with Gasteiger partial charge in [0.05, 0.1) is 11.1 Å².